The Bertz CT molecular complexity index is 265. The fourth-order valence-electron chi connectivity index (χ4n) is 1.33. The van der Waals surface area contributed by atoms with Crippen molar-refractivity contribution >= 4 is 27.7 Å². The van der Waals surface area contributed by atoms with Crippen LogP contribution in [0.3, 0.4) is 0 Å². The van der Waals surface area contributed by atoms with Gasteiger partial charge in [0.1, 0.15) is 5.76 Å². The predicted molar refractivity (Wildman–Crippen MR) is 70.3 cm³/mol. The summed E-state index contributed by atoms with van der Waals surface area (Å²) in [6.07, 6.45) is 7.76. The van der Waals surface area contributed by atoms with Gasteiger partial charge in [-0.3, -0.25) is 0 Å². The smallest absolute Gasteiger partial charge is 0.131 e. The van der Waals surface area contributed by atoms with Crippen molar-refractivity contribution in [1.29, 1.82) is 0 Å². The van der Waals surface area contributed by atoms with E-state index in [4.69, 9.17) is 4.42 Å². The maximum Gasteiger partial charge on any atom is 0.131 e. The number of thioether (sulfide) groups is 1. The molecule has 0 radical (unpaired) electrons. The van der Waals surface area contributed by atoms with E-state index in [1.54, 1.807) is 6.26 Å². The SMILES string of the molecule is CSCCCCCNCc1occc1Br. The molecule has 0 bridgehead atoms. The van der Waals surface area contributed by atoms with Gasteiger partial charge in [-0.25, -0.2) is 0 Å². The summed E-state index contributed by atoms with van der Waals surface area (Å²) in [5.41, 5.74) is 0. The van der Waals surface area contributed by atoms with E-state index >= 15 is 0 Å². The first-order valence-corrected chi connectivity index (χ1v) is 7.45. The lowest BCUT2D eigenvalue weighted by atomic mass is 10.2. The molecule has 1 heterocycles. The first-order valence-electron chi connectivity index (χ1n) is 5.26. The summed E-state index contributed by atoms with van der Waals surface area (Å²) in [5.74, 6) is 2.27. The second kappa shape index (κ2) is 8.25. The zero-order chi connectivity index (χ0) is 10.9. The molecule has 0 aliphatic heterocycles. The molecule has 0 atom stereocenters. The lowest BCUT2D eigenvalue weighted by molar-refractivity contribution is 0.477. The van der Waals surface area contributed by atoms with Gasteiger partial charge in [-0.1, -0.05) is 6.42 Å². The Balaban J connectivity index is 1.96. The Morgan fingerprint density at radius 2 is 2.27 bits per heavy atom. The van der Waals surface area contributed by atoms with Crippen LogP contribution in [0.25, 0.3) is 0 Å². The van der Waals surface area contributed by atoms with Crippen molar-refractivity contribution in [2.45, 2.75) is 25.8 Å². The van der Waals surface area contributed by atoms with Crippen LogP contribution in [0.1, 0.15) is 25.0 Å². The average Bonchev–Trinajstić information content (AvgIpc) is 2.63. The Morgan fingerprint density at radius 3 is 2.93 bits per heavy atom. The van der Waals surface area contributed by atoms with Crippen LogP contribution in [0.4, 0.5) is 0 Å². The molecular weight excluding hydrogens is 274 g/mol. The molecule has 0 saturated carbocycles. The average molecular weight is 292 g/mol. The van der Waals surface area contributed by atoms with E-state index in [0.29, 0.717) is 0 Å². The largest absolute Gasteiger partial charge is 0.467 e. The van der Waals surface area contributed by atoms with Crippen molar-refractivity contribution in [3.63, 3.8) is 0 Å². The van der Waals surface area contributed by atoms with Gasteiger partial charge in [0.2, 0.25) is 0 Å². The van der Waals surface area contributed by atoms with Crippen molar-refractivity contribution in [2.75, 3.05) is 18.6 Å². The minimum atomic E-state index is 0.816. The molecule has 15 heavy (non-hydrogen) atoms. The van der Waals surface area contributed by atoms with Gasteiger partial charge in [-0.15, -0.1) is 0 Å². The molecule has 0 aliphatic rings. The Kier molecular flexibility index (Phi) is 7.22. The minimum absolute atomic E-state index is 0.816. The third kappa shape index (κ3) is 5.64. The summed E-state index contributed by atoms with van der Waals surface area (Å²) >= 11 is 5.36. The lowest BCUT2D eigenvalue weighted by Crippen LogP contribution is -2.14. The van der Waals surface area contributed by atoms with Crippen LogP contribution < -0.4 is 5.32 Å². The van der Waals surface area contributed by atoms with Crippen molar-refractivity contribution in [3.8, 4) is 0 Å². The fourth-order valence-corrected chi connectivity index (χ4v) is 2.16. The number of rotatable bonds is 8. The number of halogens is 1. The Labute approximate surface area is 104 Å². The highest BCUT2D eigenvalue weighted by Gasteiger charge is 2.01. The van der Waals surface area contributed by atoms with Crippen molar-refractivity contribution in [3.05, 3.63) is 22.6 Å². The molecule has 0 aliphatic carbocycles. The second-order valence-corrected chi connectivity index (χ2v) is 5.26. The predicted octanol–water partition coefficient (Wildman–Crippen LogP) is 3.67. The number of hydrogen-bond donors (Lipinski definition) is 1. The summed E-state index contributed by atoms with van der Waals surface area (Å²) < 4.78 is 6.35. The molecule has 0 fully saturated rings. The Hall–Kier alpha value is 0.0700. The monoisotopic (exact) mass is 291 g/mol. The standard InChI is InChI=1S/C11H18BrNOS/c1-15-8-4-2-3-6-13-9-11-10(12)5-7-14-11/h5,7,13H,2-4,6,8-9H2,1H3. The van der Waals surface area contributed by atoms with E-state index < -0.39 is 0 Å². The first kappa shape index (κ1) is 13.1. The lowest BCUT2D eigenvalue weighted by Gasteiger charge is -2.02. The zero-order valence-electron chi connectivity index (χ0n) is 9.09. The Morgan fingerprint density at radius 1 is 1.40 bits per heavy atom. The van der Waals surface area contributed by atoms with Gasteiger partial charge in [0.05, 0.1) is 17.3 Å². The van der Waals surface area contributed by atoms with E-state index in [1.807, 2.05) is 17.8 Å². The van der Waals surface area contributed by atoms with Gasteiger partial charge in [0, 0.05) is 0 Å². The van der Waals surface area contributed by atoms with E-state index in [1.165, 1.54) is 25.0 Å². The van der Waals surface area contributed by atoms with Gasteiger partial charge < -0.3 is 9.73 Å². The highest BCUT2D eigenvalue weighted by atomic mass is 79.9. The molecule has 0 unspecified atom stereocenters. The summed E-state index contributed by atoms with van der Waals surface area (Å²) in [4.78, 5) is 0. The molecule has 4 heteroatoms. The molecule has 1 aromatic heterocycles. The highest BCUT2D eigenvalue weighted by molar-refractivity contribution is 9.10. The zero-order valence-corrected chi connectivity index (χ0v) is 11.5. The van der Waals surface area contributed by atoms with Crippen LogP contribution in [0, 0.1) is 0 Å². The molecule has 0 amide bonds. The minimum Gasteiger partial charge on any atom is -0.467 e. The van der Waals surface area contributed by atoms with Gasteiger partial charge >= 0.3 is 0 Å². The van der Waals surface area contributed by atoms with E-state index in [-0.39, 0.29) is 0 Å². The number of nitrogens with one attached hydrogen (secondary N) is 1. The third-order valence-electron chi connectivity index (χ3n) is 2.18. The summed E-state index contributed by atoms with van der Waals surface area (Å²) in [6.45, 7) is 1.89. The van der Waals surface area contributed by atoms with Crippen LogP contribution in [0.15, 0.2) is 21.2 Å². The van der Waals surface area contributed by atoms with Crippen molar-refractivity contribution in [1.82, 2.24) is 5.32 Å². The van der Waals surface area contributed by atoms with Gasteiger partial charge in [-0.2, -0.15) is 11.8 Å². The maximum atomic E-state index is 5.30. The second-order valence-electron chi connectivity index (χ2n) is 3.42. The topological polar surface area (TPSA) is 25.2 Å². The van der Waals surface area contributed by atoms with Gasteiger partial charge in [0.25, 0.3) is 0 Å². The fraction of sp³-hybridized carbons (Fsp3) is 0.636. The summed E-state index contributed by atoms with van der Waals surface area (Å²) in [7, 11) is 0. The molecule has 1 rings (SSSR count). The van der Waals surface area contributed by atoms with Crippen LogP contribution in [0.2, 0.25) is 0 Å². The van der Waals surface area contributed by atoms with Crippen LogP contribution >= 0.6 is 27.7 Å². The summed E-state index contributed by atoms with van der Waals surface area (Å²) in [5, 5.41) is 3.37. The van der Waals surface area contributed by atoms with Crippen molar-refractivity contribution < 1.29 is 4.42 Å². The molecule has 0 aromatic carbocycles. The molecule has 0 spiro atoms. The molecule has 2 nitrogen and oxygen atoms in total. The molecule has 1 N–H and O–H groups in total. The maximum absolute atomic E-state index is 5.30. The number of unbranched alkanes of at least 4 members (excludes halogenated alkanes) is 2. The summed E-state index contributed by atoms with van der Waals surface area (Å²) in [6, 6.07) is 1.93. The third-order valence-corrected chi connectivity index (χ3v) is 3.58. The molecule has 86 valence electrons. The first-order chi connectivity index (χ1) is 7.34. The quantitative estimate of drug-likeness (QED) is 0.740. The van der Waals surface area contributed by atoms with E-state index in [0.717, 1.165) is 23.3 Å². The molecule has 0 saturated heterocycles. The van der Waals surface area contributed by atoms with Gasteiger partial charge in [-0.05, 0) is 53.4 Å². The van der Waals surface area contributed by atoms with E-state index in [9.17, 15) is 0 Å². The highest BCUT2D eigenvalue weighted by Crippen LogP contribution is 2.16. The van der Waals surface area contributed by atoms with Crippen LogP contribution in [0.5, 0.6) is 0 Å². The van der Waals surface area contributed by atoms with Crippen molar-refractivity contribution in [2.24, 2.45) is 0 Å². The van der Waals surface area contributed by atoms with Crippen LogP contribution in [-0.2, 0) is 6.54 Å². The molecule has 1 aromatic rings. The number of hydrogen-bond acceptors (Lipinski definition) is 3. The molecular formula is C11H18BrNOS. The van der Waals surface area contributed by atoms with Crippen LogP contribution in [-0.4, -0.2) is 18.6 Å². The normalized spacial score (nSPS) is 10.8. The van der Waals surface area contributed by atoms with Gasteiger partial charge in [0.15, 0.2) is 0 Å². The number of furan rings is 1. The van der Waals surface area contributed by atoms with E-state index in [2.05, 4.69) is 27.5 Å².